The highest BCUT2D eigenvalue weighted by atomic mass is 16.2. The molecule has 0 fully saturated rings. The molecule has 2 aromatic carbocycles. The lowest BCUT2D eigenvalue weighted by molar-refractivity contribution is 0.262. The van der Waals surface area contributed by atoms with E-state index in [2.05, 4.69) is 10.6 Å². The molecule has 0 heterocycles. The molecular formula is C15H13N3O. The van der Waals surface area contributed by atoms with Crippen LogP contribution in [0.25, 0.3) is 0 Å². The van der Waals surface area contributed by atoms with E-state index in [1.807, 2.05) is 37.3 Å². The number of nitrogens with one attached hydrogen (secondary N) is 2. The maximum atomic E-state index is 11.8. The number of anilines is 2. The van der Waals surface area contributed by atoms with Gasteiger partial charge in [0.05, 0.1) is 11.3 Å². The lowest BCUT2D eigenvalue weighted by Gasteiger charge is -2.09. The van der Waals surface area contributed by atoms with Crippen molar-refractivity contribution in [1.29, 1.82) is 5.26 Å². The smallest absolute Gasteiger partial charge is 0.308 e. The van der Waals surface area contributed by atoms with Gasteiger partial charge in [0.2, 0.25) is 0 Å². The number of carbonyl (C=O) groups excluding carboxylic acids is 1. The molecule has 0 saturated carbocycles. The van der Waals surface area contributed by atoms with E-state index in [0.29, 0.717) is 16.9 Å². The summed E-state index contributed by atoms with van der Waals surface area (Å²) in [6.07, 6.45) is 0. The van der Waals surface area contributed by atoms with E-state index >= 15 is 0 Å². The quantitative estimate of drug-likeness (QED) is 0.857. The number of hydrogen-bond acceptors (Lipinski definition) is 2. The lowest BCUT2D eigenvalue weighted by atomic mass is 10.2. The van der Waals surface area contributed by atoms with E-state index in [4.69, 9.17) is 5.26 Å². The van der Waals surface area contributed by atoms with E-state index in [9.17, 15) is 4.79 Å². The van der Waals surface area contributed by atoms with E-state index in [1.54, 1.807) is 24.3 Å². The highest BCUT2D eigenvalue weighted by Gasteiger charge is 2.06. The number of carbonyl (C=O) groups is 1. The van der Waals surface area contributed by atoms with Gasteiger partial charge in [-0.2, -0.15) is 5.26 Å². The number of nitrogens with zero attached hydrogens (tertiary/aromatic N) is 1. The van der Waals surface area contributed by atoms with Gasteiger partial charge in [-0.3, -0.25) is 0 Å². The van der Waals surface area contributed by atoms with Crippen molar-refractivity contribution in [2.75, 3.05) is 10.6 Å². The summed E-state index contributed by atoms with van der Waals surface area (Å²) in [5, 5.41) is 14.3. The molecule has 0 aliphatic heterocycles. The van der Waals surface area contributed by atoms with Crippen molar-refractivity contribution in [2.45, 2.75) is 6.92 Å². The molecule has 94 valence electrons. The summed E-state index contributed by atoms with van der Waals surface area (Å²) >= 11 is 0. The molecule has 19 heavy (non-hydrogen) atoms. The van der Waals surface area contributed by atoms with Crippen molar-refractivity contribution < 1.29 is 4.79 Å². The van der Waals surface area contributed by atoms with Gasteiger partial charge in [0.25, 0.3) is 0 Å². The Morgan fingerprint density at radius 3 is 2.63 bits per heavy atom. The molecule has 0 aliphatic rings. The maximum Gasteiger partial charge on any atom is 0.323 e. The van der Waals surface area contributed by atoms with Crippen molar-refractivity contribution in [3.8, 4) is 6.07 Å². The Hall–Kier alpha value is -2.80. The standard InChI is InChI=1S/C15H13N3O/c1-11-5-4-7-13(9-11)17-15(19)18-14-8-3-2-6-12(14)10-16/h2-9H,1H3,(H2,17,18,19). The van der Waals surface area contributed by atoms with Crippen LogP contribution in [0.3, 0.4) is 0 Å². The van der Waals surface area contributed by atoms with Gasteiger partial charge in [-0.05, 0) is 36.8 Å². The lowest BCUT2D eigenvalue weighted by Crippen LogP contribution is -2.20. The average Bonchev–Trinajstić information content (AvgIpc) is 2.39. The molecule has 0 aromatic heterocycles. The first-order valence-electron chi connectivity index (χ1n) is 5.83. The molecule has 0 unspecified atom stereocenters. The van der Waals surface area contributed by atoms with Gasteiger partial charge < -0.3 is 10.6 Å². The summed E-state index contributed by atoms with van der Waals surface area (Å²) in [5.74, 6) is 0. The number of rotatable bonds is 2. The molecule has 2 N–H and O–H groups in total. The summed E-state index contributed by atoms with van der Waals surface area (Å²) in [6, 6.07) is 16.0. The van der Waals surface area contributed by atoms with Crippen LogP contribution in [-0.2, 0) is 0 Å². The van der Waals surface area contributed by atoms with Crippen LogP contribution < -0.4 is 10.6 Å². The fourth-order valence-electron chi connectivity index (χ4n) is 1.70. The third-order valence-corrected chi connectivity index (χ3v) is 2.57. The average molecular weight is 251 g/mol. The molecule has 0 atom stereocenters. The van der Waals surface area contributed by atoms with E-state index in [0.717, 1.165) is 5.56 Å². The van der Waals surface area contributed by atoms with Crippen molar-refractivity contribution in [3.05, 3.63) is 59.7 Å². The number of amides is 2. The molecule has 2 rings (SSSR count). The number of benzene rings is 2. The van der Waals surface area contributed by atoms with E-state index in [1.165, 1.54) is 0 Å². The Morgan fingerprint density at radius 1 is 1.11 bits per heavy atom. The Balaban J connectivity index is 2.08. The van der Waals surface area contributed by atoms with Crippen LogP contribution in [-0.4, -0.2) is 6.03 Å². The number of aryl methyl sites for hydroxylation is 1. The monoisotopic (exact) mass is 251 g/mol. The first-order valence-corrected chi connectivity index (χ1v) is 5.83. The molecule has 0 bridgehead atoms. The van der Waals surface area contributed by atoms with Gasteiger partial charge >= 0.3 is 6.03 Å². The molecule has 2 amide bonds. The fourth-order valence-corrected chi connectivity index (χ4v) is 1.70. The van der Waals surface area contributed by atoms with Crippen LogP contribution in [0.1, 0.15) is 11.1 Å². The summed E-state index contributed by atoms with van der Waals surface area (Å²) in [7, 11) is 0. The molecule has 4 nitrogen and oxygen atoms in total. The molecule has 2 aromatic rings. The zero-order valence-corrected chi connectivity index (χ0v) is 10.5. The minimum Gasteiger partial charge on any atom is -0.308 e. The van der Waals surface area contributed by atoms with Crippen molar-refractivity contribution in [3.63, 3.8) is 0 Å². The Bertz CT molecular complexity index is 644. The second kappa shape index (κ2) is 5.69. The number of urea groups is 1. The van der Waals surface area contributed by atoms with Crippen LogP contribution in [0.15, 0.2) is 48.5 Å². The minimum absolute atomic E-state index is 0.367. The van der Waals surface area contributed by atoms with Crippen molar-refractivity contribution in [2.24, 2.45) is 0 Å². The zero-order chi connectivity index (χ0) is 13.7. The zero-order valence-electron chi connectivity index (χ0n) is 10.5. The number of para-hydroxylation sites is 1. The molecule has 0 radical (unpaired) electrons. The minimum atomic E-state index is -0.367. The maximum absolute atomic E-state index is 11.8. The van der Waals surface area contributed by atoms with Crippen LogP contribution >= 0.6 is 0 Å². The van der Waals surface area contributed by atoms with E-state index < -0.39 is 0 Å². The summed E-state index contributed by atoms with van der Waals surface area (Å²) < 4.78 is 0. The van der Waals surface area contributed by atoms with Gasteiger partial charge in [-0.15, -0.1) is 0 Å². The molecule has 0 spiro atoms. The second-order valence-corrected chi connectivity index (χ2v) is 4.11. The summed E-state index contributed by atoms with van der Waals surface area (Å²) in [5.41, 5.74) is 2.71. The molecule has 4 heteroatoms. The van der Waals surface area contributed by atoms with Gasteiger partial charge in [0.1, 0.15) is 6.07 Å². The first kappa shape index (κ1) is 12.7. The highest BCUT2D eigenvalue weighted by Crippen LogP contribution is 2.15. The number of hydrogen-bond donors (Lipinski definition) is 2. The topological polar surface area (TPSA) is 64.9 Å². The van der Waals surface area contributed by atoms with Gasteiger partial charge in [-0.25, -0.2) is 4.79 Å². The predicted octanol–water partition coefficient (Wildman–Crippen LogP) is 3.51. The third-order valence-electron chi connectivity index (χ3n) is 2.57. The molecule has 0 saturated heterocycles. The normalized spacial score (nSPS) is 9.47. The van der Waals surface area contributed by atoms with Crippen LogP contribution in [0.5, 0.6) is 0 Å². The molecule has 0 aliphatic carbocycles. The first-order chi connectivity index (χ1) is 9.19. The Morgan fingerprint density at radius 2 is 1.89 bits per heavy atom. The van der Waals surface area contributed by atoms with Crippen LogP contribution in [0.2, 0.25) is 0 Å². The second-order valence-electron chi connectivity index (χ2n) is 4.11. The predicted molar refractivity (Wildman–Crippen MR) is 75.0 cm³/mol. The summed E-state index contributed by atoms with van der Waals surface area (Å²) in [4.78, 5) is 11.8. The Labute approximate surface area is 111 Å². The molecular weight excluding hydrogens is 238 g/mol. The summed E-state index contributed by atoms with van der Waals surface area (Å²) in [6.45, 7) is 1.95. The van der Waals surface area contributed by atoms with Gasteiger partial charge in [0, 0.05) is 5.69 Å². The van der Waals surface area contributed by atoms with Crippen LogP contribution in [0.4, 0.5) is 16.2 Å². The SMILES string of the molecule is Cc1cccc(NC(=O)Nc2ccccc2C#N)c1. The van der Waals surface area contributed by atoms with E-state index in [-0.39, 0.29) is 6.03 Å². The highest BCUT2D eigenvalue weighted by molar-refractivity contribution is 6.00. The largest absolute Gasteiger partial charge is 0.323 e. The van der Waals surface area contributed by atoms with Crippen molar-refractivity contribution in [1.82, 2.24) is 0 Å². The third kappa shape index (κ3) is 3.33. The van der Waals surface area contributed by atoms with Gasteiger partial charge in [-0.1, -0.05) is 24.3 Å². The number of nitriles is 1. The van der Waals surface area contributed by atoms with Crippen molar-refractivity contribution >= 4 is 17.4 Å². The fraction of sp³-hybridized carbons (Fsp3) is 0.0667. The Kier molecular flexibility index (Phi) is 3.79. The van der Waals surface area contributed by atoms with Gasteiger partial charge in [0.15, 0.2) is 0 Å². The van der Waals surface area contributed by atoms with Crippen LogP contribution in [0, 0.1) is 18.3 Å².